The fourth-order valence-corrected chi connectivity index (χ4v) is 12.4. The standard InChI is InChI=1S/C38H38ClFN10O24S8/c1-38(42,18-23(39)37(40)43-2)44-25-16-27(29(78(58,59)60)17-26(25)47-46-24-8-5-21(15-28(24)77(55,56)57)75(52)11-9-73-81(67,68)69)48-50-35-31(80(64,65)66)14-19-13-30(79(61,62)63)34(33(41)32(19)36(35)51)49-45-20-3-6-22(7-4-20)76(53,54)12-10-74-82(70,71)72/h3-8,13-18,44,51H,9-12,41-42H2,1-2H3,(H,55,56,57)(H,58,59,60)(H,61,62,63)(H,64,65,66)(H,67,68,69)(H,70,71,72)/b23-18+,43-37?,47-46?,49-45?,50-48?. The first-order chi connectivity index (χ1) is 37.4. The molecule has 0 amide bonds. The number of aromatic hydroxyl groups is 1. The van der Waals surface area contributed by atoms with E-state index in [1.54, 1.807) is 0 Å². The molecule has 82 heavy (non-hydrogen) atoms. The van der Waals surface area contributed by atoms with Crippen molar-refractivity contribution < 1.29 is 108 Å². The molecular weight excluding hydrogens is 1290 g/mol. The zero-order valence-corrected chi connectivity index (χ0v) is 47.9. The molecular formula is C38H38ClFN10O24S8. The summed E-state index contributed by atoms with van der Waals surface area (Å²) in [5, 5.41) is 34.2. The maximum absolute atomic E-state index is 14.4. The van der Waals surface area contributed by atoms with Crippen molar-refractivity contribution in [2.45, 2.75) is 42.0 Å². The van der Waals surface area contributed by atoms with E-state index in [1.807, 2.05) is 0 Å². The molecule has 0 heterocycles. The van der Waals surface area contributed by atoms with E-state index in [9.17, 15) is 90.8 Å². The smallest absolute Gasteiger partial charge is 0.397 e. The molecule has 0 radical (unpaired) electrons. The molecule has 2 unspecified atom stereocenters. The number of allylic oxidation sites excluding steroid dienone is 1. The van der Waals surface area contributed by atoms with Gasteiger partial charge in [0.1, 0.15) is 53.7 Å². The van der Waals surface area contributed by atoms with Crippen LogP contribution in [0.2, 0.25) is 0 Å². The Bertz CT molecular complexity index is 4440. The first-order valence-corrected chi connectivity index (χ1v) is 32.9. The first-order valence-electron chi connectivity index (χ1n) is 21.0. The number of nitrogen functional groups attached to an aromatic ring is 1. The molecule has 0 aliphatic rings. The minimum absolute atomic E-state index is 0.265. The van der Waals surface area contributed by atoms with Crippen LogP contribution in [0.3, 0.4) is 0 Å². The number of nitrogens with one attached hydrogen (secondary N) is 1. The highest BCUT2D eigenvalue weighted by Crippen LogP contribution is 2.49. The number of benzene rings is 5. The third-order valence-corrected chi connectivity index (χ3v) is 17.7. The predicted molar refractivity (Wildman–Crippen MR) is 284 cm³/mol. The average Bonchev–Trinajstić information content (AvgIpc) is 3.51. The van der Waals surface area contributed by atoms with Crippen LogP contribution in [0.1, 0.15) is 6.92 Å². The van der Waals surface area contributed by atoms with Gasteiger partial charge in [-0.05, 0) is 85.1 Å². The third-order valence-electron chi connectivity index (χ3n) is 9.99. The van der Waals surface area contributed by atoms with E-state index >= 15 is 0 Å². The van der Waals surface area contributed by atoms with E-state index in [0.717, 1.165) is 56.4 Å². The Balaban J connectivity index is 1.73. The lowest BCUT2D eigenvalue weighted by Crippen LogP contribution is -2.42. The molecule has 12 N–H and O–H groups in total. The van der Waals surface area contributed by atoms with Gasteiger partial charge in [0, 0.05) is 11.9 Å². The fourth-order valence-electron chi connectivity index (χ4n) is 6.55. The number of nitrogens with zero attached hydrogens (tertiary/aromatic N) is 7. The van der Waals surface area contributed by atoms with Crippen LogP contribution < -0.4 is 16.8 Å². The van der Waals surface area contributed by atoms with E-state index in [2.05, 4.69) is 49.4 Å². The van der Waals surface area contributed by atoms with Crippen LogP contribution in [0.4, 0.5) is 49.9 Å². The molecule has 34 nitrogen and oxygen atoms in total. The Morgan fingerprint density at radius 1 is 0.671 bits per heavy atom. The molecule has 0 saturated carbocycles. The molecule has 0 spiro atoms. The summed E-state index contributed by atoms with van der Waals surface area (Å²) in [6, 6.07) is 8.14. The van der Waals surface area contributed by atoms with Crippen molar-refractivity contribution in [3.05, 3.63) is 77.8 Å². The number of phenolic OH excluding ortho intramolecular Hbond substituents is 1. The number of azo groups is 3. The van der Waals surface area contributed by atoms with Crippen LogP contribution in [0, 0.1) is 0 Å². The molecule has 0 saturated heterocycles. The largest absolute Gasteiger partial charge is 0.505 e. The van der Waals surface area contributed by atoms with Crippen molar-refractivity contribution in [2.75, 3.05) is 42.8 Å². The van der Waals surface area contributed by atoms with Gasteiger partial charge in [0.05, 0.1) is 67.9 Å². The summed E-state index contributed by atoms with van der Waals surface area (Å²) in [5.41, 5.74) is 3.67. The SMILES string of the molecule is CN=C(F)/C(Cl)=C\C(C)(N)Nc1cc(N=Nc2c(S(=O)(=O)O)cc3cc(S(=O)(=O)O)c(N=Nc4ccc(S(=O)(=O)CCOS(=O)(=O)O)cc4)c(N)c3c2O)c(S(=O)(=O)O)cc1N=Nc1ccc(S(=O)CCOS(=O)(=O)O)cc1S(=O)(=O)O. The van der Waals surface area contributed by atoms with Crippen LogP contribution >= 0.6 is 11.6 Å². The summed E-state index contributed by atoms with van der Waals surface area (Å²) in [6.45, 7) is -0.744. The Morgan fingerprint density at radius 3 is 1.71 bits per heavy atom. The fraction of sp³-hybridized carbons (Fsp3) is 0.184. The van der Waals surface area contributed by atoms with Crippen molar-refractivity contribution in [1.29, 1.82) is 0 Å². The lowest BCUT2D eigenvalue weighted by atomic mass is 10.1. The summed E-state index contributed by atoms with van der Waals surface area (Å²) in [5.74, 6) is -4.28. The van der Waals surface area contributed by atoms with E-state index < -0.39 is 204 Å². The van der Waals surface area contributed by atoms with Gasteiger partial charge in [-0.3, -0.25) is 36.5 Å². The van der Waals surface area contributed by atoms with E-state index in [1.165, 1.54) is 0 Å². The summed E-state index contributed by atoms with van der Waals surface area (Å²) < 4.78 is 265. The van der Waals surface area contributed by atoms with Crippen molar-refractivity contribution >= 4 is 156 Å². The van der Waals surface area contributed by atoms with Gasteiger partial charge >= 0.3 is 20.8 Å². The van der Waals surface area contributed by atoms with E-state index in [-0.39, 0.29) is 10.6 Å². The second kappa shape index (κ2) is 24.8. The van der Waals surface area contributed by atoms with Crippen LogP contribution in [0.5, 0.6) is 5.75 Å². The van der Waals surface area contributed by atoms with Crippen molar-refractivity contribution in [2.24, 2.45) is 41.4 Å². The van der Waals surface area contributed by atoms with Crippen LogP contribution in [0.15, 0.2) is 143 Å². The third kappa shape index (κ3) is 17.6. The molecule has 0 fully saturated rings. The lowest BCUT2D eigenvalue weighted by Gasteiger charge is -2.25. The number of aliphatic imine (C=N–C) groups is 1. The van der Waals surface area contributed by atoms with Gasteiger partial charge in [-0.15, -0.1) is 25.6 Å². The van der Waals surface area contributed by atoms with Gasteiger partial charge in [-0.25, -0.2) is 16.8 Å². The normalized spacial score (nSPS) is 15.0. The zero-order chi connectivity index (χ0) is 61.9. The number of hydrogen-bond acceptors (Lipinski definition) is 28. The number of sulfone groups is 1. The van der Waals surface area contributed by atoms with Gasteiger partial charge in [0.2, 0.25) is 5.97 Å². The quantitative estimate of drug-likeness (QED) is 0.0126. The minimum Gasteiger partial charge on any atom is -0.505 e. The second-order valence-corrected chi connectivity index (χ2v) is 27.9. The molecule has 2 atom stereocenters. The Labute approximate surface area is 470 Å². The molecule has 0 aliphatic heterocycles. The number of hydrogen-bond donors (Lipinski definition) is 10. The van der Waals surface area contributed by atoms with Gasteiger partial charge in [-0.1, -0.05) is 11.6 Å². The first kappa shape index (κ1) is 66.4. The maximum Gasteiger partial charge on any atom is 0.397 e. The lowest BCUT2D eigenvalue weighted by molar-refractivity contribution is 0.282. The van der Waals surface area contributed by atoms with E-state index in [0.29, 0.717) is 30.3 Å². The molecule has 0 bridgehead atoms. The summed E-state index contributed by atoms with van der Waals surface area (Å²) >= 11 is 5.99. The number of halogens is 2. The second-order valence-electron chi connectivity index (χ2n) is 16.1. The van der Waals surface area contributed by atoms with Crippen molar-refractivity contribution in [3.63, 3.8) is 0 Å². The van der Waals surface area contributed by atoms with Gasteiger partial charge < -0.3 is 21.9 Å². The molecule has 0 aliphatic carbocycles. The highest BCUT2D eigenvalue weighted by atomic mass is 35.5. The summed E-state index contributed by atoms with van der Waals surface area (Å²) in [6.07, 6.45) is 0.796. The molecule has 446 valence electrons. The number of phenols is 1. The summed E-state index contributed by atoms with van der Waals surface area (Å²) in [4.78, 5) is -2.68. The molecule has 5 aromatic rings. The molecule has 5 aromatic carbocycles. The highest BCUT2D eigenvalue weighted by molar-refractivity contribution is 7.91. The Kier molecular flexibility index (Phi) is 20.1. The molecule has 0 aromatic heterocycles. The predicted octanol–water partition coefficient (Wildman–Crippen LogP) is 5.09. The van der Waals surface area contributed by atoms with E-state index in [4.69, 9.17) is 32.2 Å². The van der Waals surface area contributed by atoms with Crippen LogP contribution in [-0.2, 0) is 90.3 Å². The highest BCUT2D eigenvalue weighted by Gasteiger charge is 2.30. The average molecular weight is 1330 g/mol. The van der Waals surface area contributed by atoms with Crippen molar-refractivity contribution in [3.8, 4) is 5.75 Å². The van der Waals surface area contributed by atoms with Gasteiger partial charge in [0.25, 0.3) is 40.5 Å². The topological polar surface area (TPSA) is 567 Å². The minimum atomic E-state index is -5.65. The number of fused-ring (bicyclic) bond motifs is 1. The summed E-state index contributed by atoms with van der Waals surface area (Å²) in [7, 11) is -37.6. The molecule has 44 heteroatoms. The van der Waals surface area contributed by atoms with Gasteiger partial charge in [-0.2, -0.15) is 60.0 Å². The van der Waals surface area contributed by atoms with Crippen molar-refractivity contribution in [1.82, 2.24) is 0 Å². The number of nitrogens with two attached hydrogens (primary N) is 2. The van der Waals surface area contributed by atoms with Gasteiger partial charge in [0.15, 0.2) is 15.6 Å². The molecule has 5 rings (SSSR count). The Morgan fingerprint density at radius 2 is 1.17 bits per heavy atom. The maximum atomic E-state index is 14.4. The monoisotopic (exact) mass is 1330 g/mol. The number of rotatable bonds is 24. The van der Waals surface area contributed by atoms with Crippen LogP contribution in [-0.4, -0.2) is 139 Å². The van der Waals surface area contributed by atoms with Crippen LogP contribution in [0.25, 0.3) is 10.8 Å². The number of anilines is 2. The Hall–Kier alpha value is -6.37. The zero-order valence-electron chi connectivity index (χ0n) is 40.6.